The van der Waals surface area contributed by atoms with E-state index in [0.29, 0.717) is 67.6 Å². The van der Waals surface area contributed by atoms with E-state index in [-0.39, 0.29) is 84.7 Å². The van der Waals surface area contributed by atoms with Crippen LogP contribution in [0.5, 0.6) is 17.2 Å². The summed E-state index contributed by atoms with van der Waals surface area (Å²) in [4.78, 5) is 27.1. The third-order valence-corrected chi connectivity index (χ3v) is 18.9. The Morgan fingerprint density at radius 1 is 0.957 bits per heavy atom. The van der Waals surface area contributed by atoms with Gasteiger partial charge in [-0.3, -0.25) is 14.9 Å². The maximum atomic E-state index is 14.7. The standard InChI is InChI=1S/C55H70N2O10S2/c1-31(60)27-56-52-36(29-59)24-45-50-41(35(28-58)8-15-43(50)52)16-11-37(19-22-55(65)20-3-4-21-55)57-54(45)67-47-26-39(62)13-6-33-9-17-46(64)53(66-2)49(33)42-14-7-32-5-12-38(61)25-44(32)51(42)48-18-10-34(47)23-40(63)30-68-69-48/h5,7,9,12,14,17,24-25,34-35,37,40-41,47-48,54,56-59,61,63-65H,3-4,6,8,10-11,13,15-16,18-23,26-30H2,1-2H3/t34-,35-,37+,40+,41-,47-,48-,54+/m0/s1. The highest BCUT2D eigenvalue weighted by atomic mass is 33.1. The zero-order valence-corrected chi connectivity index (χ0v) is 41.6. The van der Waals surface area contributed by atoms with Crippen LogP contribution in [0.1, 0.15) is 148 Å². The Balaban J connectivity index is 1.17. The highest BCUT2D eigenvalue weighted by Crippen LogP contribution is 2.54. The van der Waals surface area contributed by atoms with Gasteiger partial charge in [-0.25, -0.2) is 0 Å². The van der Waals surface area contributed by atoms with Gasteiger partial charge in [0.25, 0.3) is 0 Å². The quantitative estimate of drug-likeness (QED) is 0.0662. The molecule has 9 rings (SSSR count). The minimum Gasteiger partial charge on any atom is -0.508 e. The summed E-state index contributed by atoms with van der Waals surface area (Å²) < 4.78 is 13.5. The molecular formula is C55H70N2O10S2. The molecule has 0 aromatic heterocycles. The highest BCUT2D eigenvalue weighted by molar-refractivity contribution is 8.76. The summed E-state index contributed by atoms with van der Waals surface area (Å²) >= 11 is 0. The lowest BCUT2D eigenvalue weighted by atomic mass is 9.69. The molecule has 372 valence electrons. The van der Waals surface area contributed by atoms with E-state index in [2.05, 4.69) is 16.7 Å². The molecule has 3 aliphatic carbocycles. The fourth-order valence-electron chi connectivity index (χ4n) is 12.5. The third-order valence-electron chi connectivity index (χ3n) is 16.0. The molecule has 0 spiro atoms. The number of benzene rings is 4. The molecule has 0 radical (unpaired) electrons. The van der Waals surface area contributed by atoms with Gasteiger partial charge in [-0.1, -0.05) is 58.7 Å². The van der Waals surface area contributed by atoms with E-state index in [1.54, 1.807) is 46.9 Å². The summed E-state index contributed by atoms with van der Waals surface area (Å²) in [5, 5.41) is 76.7. The van der Waals surface area contributed by atoms with E-state index in [1.165, 1.54) is 6.92 Å². The molecule has 2 aliphatic heterocycles. The fraction of sp³-hybridized carbons (Fsp3) is 0.564. The smallest absolute Gasteiger partial charge is 0.168 e. The largest absolute Gasteiger partial charge is 0.508 e. The van der Waals surface area contributed by atoms with Crippen molar-refractivity contribution in [1.82, 2.24) is 5.32 Å². The number of anilines is 1. The van der Waals surface area contributed by atoms with Crippen molar-refractivity contribution in [2.24, 2.45) is 11.8 Å². The molecule has 5 aliphatic rings. The molecule has 2 heterocycles. The Kier molecular flexibility index (Phi) is 15.9. The van der Waals surface area contributed by atoms with Gasteiger partial charge in [0.1, 0.15) is 23.5 Å². The molecule has 2 bridgehead atoms. The van der Waals surface area contributed by atoms with Crippen molar-refractivity contribution in [3.05, 3.63) is 81.9 Å². The molecule has 8 N–H and O–H groups in total. The molecule has 1 saturated carbocycles. The molecule has 0 amide bonds. The summed E-state index contributed by atoms with van der Waals surface area (Å²) in [5.74, 6) is 0.583. The van der Waals surface area contributed by atoms with Crippen molar-refractivity contribution in [3.63, 3.8) is 0 Å². The van der Waals surface area contributed by atoms with Gasteiger partial charge < -0.3 is 45.4 Å². The first-order valence-corrected chi connectivity index (χ1v) is 27.6. The first-order chi connectivity index (χ1) is 33.4. The van der Waals surface area contributed by atoms with Gasteiger partial charge in [-0.15, -0.1) is 0 Å². The lowest BCUT2D eigenvalue weighted by Gasteiger charge is -2.43. The van der Waals surface area contributed by atoms with E-state index in [9.17, 15) is 40.2 Å². The molecule has 0 unspecified atom stereocenters. The Hall–Kier alpha value is -3.86. The molecule has 2 fully saturated rings. The second kappa shape index (κ2) is 21.9. The number of methoxy groups -OCH3 is 1. The van der Waals surface area contributed by atoms with Gasteiger partial charge in [0.2, 0.25) is 0 Å². The zero-order chi connectivity index (χ0) is 48.4. The van der Waals surface area contributed by atoms with Crippen LogP contribution in [0, 0.1) is 11.8 Å². The van der Waals surface area contributed by atoms with Crippen LogP contribution in [0.2, 0.25) is 0 Å². The number of Topliss-reactive ketones (excluding diaryl/α,β-unsaturated/α-hetero) is 2. The number of carbonyl (C=O) groups is 2. The molecule has 1 saturated heterocycles. The van der Waals surface area contributed by atoms with Crippen molar-refractivity contribution >= 4 is 49.6 Å². The fourth-order valence-corrected chi connectivity index (χ4v) is 15.4. The molecule has 14 heteroatoms. The van der Waals surface area contributed by atoms with E-state index in [1.807, 2.05) is 24.3 Å². The van der Waals surface area contributed by atoms with Crippen LogP contribution in [-0.4, -0.2) is 92.1 Å². The Labute approximate surface area is 413 Å². The normalized spacial score (nSPS) is 27.2. The minimum absolute atomic E-state index is 0.00138. The lowest BCUT2D eigenvalue weighted by molar-refractivity contribution is -0.128. The second-order valence-corrected chi connectivity index (χ2v) is 23.2. The topological polar surface area (TPSA) is 198 Å². The van der Waals surface area contributed by atoms with Crippen LogP contribution >= 0.6 is 21.6 Å². The van der Waals surface area contributed by atoms with E-state index < -0.39 is 24.0 Å². The van der Waals surface area contributed by atoms with Gasteiger partial charge in [0.15, 0.2) is 11.5 Å². The van der Waals surface area contributed by atoms with Gasteiger partial charge >= 0.3 is 0 Å². The summed E-state index contributed by atoms with van der Waals surface area (Å²) in [6.07, 6.45) is 8.16. The summed E-state index contributed by atoms with van der Waals surface area (Å²) in [7, 11) is 4.85. The average molecular weight is 983 g/mol. The number of aromatic hydroxyl groups is 2. The van der Waals surface area contributed by atoms with Crippen molar-refractivity contribution in [2.45, 2.75) is 158 Å². The summed E-state index contributed by atoms with van der Waals surface area (Å²) in [6.45, 7) is 1.40. The molecule has 8 atom stereocenters. The highest BCUT2D eigenvalue weighted by Gasteiger charge is 2.42. The number of ether oxygens (including phenoxy) is 2. The van der Waals surface area contributed by atoms with Gasteiger partial charge in [-0.05, 0) is 170 Å². The van der Waals surface area contributed by atoms with Gasteiger partial charge in [0, 0.05) is 53.3 Å². The van der Waals surface area contributed by atoms with E-state index >= 15 is 0 Å². The lowest BCUT2D eigenvalue weighted by Crippen LogP contribution is -2.43. The second-order valence-electron chi connectivity index (χ2n) is 20.6. The maximum Gasteiger partial charge on any atom is 0.168 e. The number of aliphatic hydroxyl groups excluding tert-OH is 3. The van der Waals surface area contributed by atoms with Crippen LogP contribution in [0.25, 0.3) is 21.9 Å². The number of rotatable bonds is 11. The molecule has 69 heavy (non-hydrogen) atoms. The van der Waals surface area contributed by atoms with Gasteiger partial charge in [0.05, 0.1) is 38.1 Å². The monoisotopic (exact) mass is 982 g/mol. The number of carbonyl (C=O) groups excluding carboxylic acids is 2. The van der Waals surface area contributed by atoms with E-state index in [4.69, 9.17) is 9.47 Å². The number of fused-ring (bicyclic) bond motifs is 9. The maximum absolute atomic E-state index is 14.7. The van der Waals surface area contributed by atoms with Crippen molar-refractivity contribution in [1.29, 1.82) is 0 Å². The van der Waals surface area contributed by atoms with E-state index in [0.717, 1.165) is 94.8 Å². The van der Waals surface area contributed by atoms with Crippen LogP contribution in [0.15, 0.2) is 48.5 Å². The van der Waals surface area contributed by atoms with Crippen LogP contribution in [0.3, 0.4) is 0 Å². The number of hydrogen-bond acceptors (Lipinski definition) is 14. The van der Waals surface area contributed by atoms with Crippen LogP contribution in [0.4, 0.5) is 5.69 Å². The van der Waals surface area contributed by atoms with Crippen molar-refractivity contribution < 1.29 is 49.7 Å². The molecule has 4 aromatic carbocycles. The number of ketones is 2. The van der Waals surface area contributed by atoms with Gasteiger partial charge in [-0.2, -0.15) is 0 Å². The minimum atomic E-state index is -0.743. The molecule has 12 nitrogen and oxygen atoms in total. The predicted octanol–water partition coefficient (Wildman–Crippen LogP) is 9.47. The average Bonchev–Trinajstić information content (AvgIpc) is 3.81. The number of aliphatic hydroxyl groups is 4. The molecular weight excluding hydrogens is 913 g/mol. The van der Waals surface area contributed by atoms with Crippen molar-refractivity contribution in [2.75, 3.05) is 31.3 Å². The van der Waals surface area contributed by atoms with Crippen LogP contribution in [-0.2, 0) is 33.8 Å². The number of phenolic OH excluding ortho intramolecular Hbond substituents is 2. The zero-order valence-electron chi connectivity index (χ0n) is 40.0. The SMILES string of the molecule is COc1c(O)ccc2c1-c1ccc3ccc(O)cc3c1[C@@H]1CC[C@@H](C[C@@H](O)CSS1)[C@@H](O[C@H]1N[C@@H](CCC3(O)CCCC3)CC[C@@H]3c4c1cc(CO)c(NCC(C)=O)c4CC[C@H]3CO)CC(=O)CC2. The number of nitrogens with one attached hydrogen (secondary N) is 2. The first-order valence-electron chi connectivity index (χ1n) is 25.3. The Morgan fingerprint density at radius 2 is 1.77 bits per heavy atom. The van der Waals surface area contributed by atoms with Crippen LogP contribution < -0.4 is 15.4 Å². The predicted molar refractivity (Wildman–Crippen MR) is 273 cm³/mol. The van der Waals surface area contributed by atoms with Crippen molar-refractivity contribution in [3.8, 4) is 28.4 Å². The molecule has 4 aromatic rings. The third kappa shape index (κ3) is 10.8. The summed E-state index contributed by atoms with van der Waals surface area (Å²) in [5.41, 5.74) is 7.06. The summed E-state index contributed by atoms with van der Waals surface area (Å²) in [6, 6.07) is 14.9. The number of aryl methyl sites for hydroxylation is 1. The Bertz CT molecular complexity index is 2510. The Morgan fingerprint density at radius 3 is 2.54 bits per heavy atom. The first kappa shape index (κ1) is 50.1. The number of hydrogen-bond donors (Lipinski definition) is 8. The number of phenols is 2.